The van der Waals surface area contributed by atoms with Gasteiger partial charge in [-0.05, 0) is 25.7 Å². The Balaban J connectivity index is 1.78. The number of nitrogens with one attached hydrogen (secondary N) is 1. The van der Waals surface area contributed by atoms with Crippen LogP contribution in [0.4, 0.5) is 0 Å². The molecule has 4 heteroatoms. The van der Waals surface area contributed by atoms with Crippen molar-refractivity contribution in [2.75, 3.05) is 6.54 Å². The lowest BCUT2D eigenvalue weighted by Crippen LogP contribution is -2.30. The minimum absolute atomic E-state index is 0.654. The molecule has 1 heterocycles. The molecule has 1 aromatic heterocycles. The average molecular weight is 222 g/mol. The smallest absolute Gasteiger partial charge is 0.135 e. The van der Waals surface area contributed by atoms with Gasteiger partial charge in [0, 0.05) is 25.0 Å². The molecule has 1 N–H and O–H groups in total. The van der Waals surface area contributed by atoms with Gasteiger partial charge in [-0.2, -0.15) is 0 Å². The van der Waals surface area contributed by atoms with Crippen LogP contribution in [-0.2, 0) is 6.54 Å². The maximum absolute atomic E-state index is 4.20. The molecule has 1 aromatic rings. The van der Waals surface area contributed by atoms with Crippen molar-refractivity contribution in [3.8, 4) is 0 Å². The molecular formula is C12H22N4. The monoisotopic (exact) mass is 222 g/mol. The van der Waals surface area contributed by atoms with Gasteiger partial charge in [-0.1, -0.05) is 13.8 Å². The quantitative estimate of drug-likeness (QED) is 0.766. The van der Waals surface area contributed by atoms with Crippen molar-refractivity contribution in [2.24, 2.45) is 0 Å². The average Bonchev–Trinajstić information content (AvgIpc) is 3.05. The van der Waals surface area contributed by atoms with Gasteiger partial charge in [-0.3, -0.25) is 0 Å². The summed E-state index contributed by atoms with van der Waals surface area (Å²) < 4.78 is 2.20. The summed E-state index contributed by atoms with van der Waals surface area (Å²) in [5.41, 5.74) is 0. The third kappa shape index (κ3) is 2.82. The van der Waals surface area contributed by atoms with Gasteiger partial charge in [0.05, 0.1) is 0 Å². The SMILES string of the molecule is CCC(CC)NCCn1cnnc1C1CC1. The van der Waals surface area contributed by atoms with Crippen LogP contribution in [0.5, 0.6) is 0 Å². The van der Waals surface area contributed by atoms with Crippen LogP contribution >= 0.6 is 0 Å². The van der Waals surface area contributed by atoms with E-state index in [1.165, 1.54) is 31.5 Å². The third-order valence-corrected chi connectivity index (χ3v) is 3.36. The molecule has 1 saturated carbocycles. The molecule has 0 aliphatic heterocycles. The van der Waals surface area contributed by atoms with Crippen LogP contribution in [0.3, 0.4) is 0 Å². The standard InChI is InChI=1S/C12H22N4/c1-3-11(4-2)13-7-8-16-9-14-15-12(16)10-5-6-10/h9-11,13H,3-8H2,1-2H3. The molecule has 1 aliphatic rings. The highest BCUT2D eigenvalue weighted by Gasteiger charge is 2.28. The maximum Gasteiger partial charge on any atom is 0.135 e. The molecule has 0 unspecified atom stereocenters. The minimum Gasteiger partial charge on any atom is -0.316 e. The summed E-state index contributed by atoms with van der Waals surface area (Å²) in [7, 11) is 0. The molecule has 0 amide bonds. The summed E-state index contributed by atoms with van der Waals surface area (Å²) in [6, 6.07) is 0.654. The van der Waals surface area contributed by atoms with Crippen LogP contribution in [0.25, 0.3) is 0 Å². The largest absolute Gasteiger partial charge is 0.316 e. The van der Waals surface area contributed by atoms with Gasteiger partial charge in [0.2, 0.25) is 0 Å². The Morgan fingerprint density at radius 2 is 2.19 bits per heavy atom. The van der Waals surface area contributed by atoms with Crippen LogP contribution in [0.2, 0.25) is 0 Å². The highest BCUT2D eigenvalue weighted by atomic mass is 15.3. The van der Waals surface area contributed by atoms with E-state index in [2.05, 4.69) is 33.9 Å². The molecule has 1 aliphatic carbocycles. The van der Waals surface area contributed by atoms with Gasteiger partial charge in [0.1, 0.15) is 12.2 Å². The first kappa shape index (κ1) is 11.6. The molecule has 16 heavy (non-hydrogen) atoms. The Morgan fingerprint density at radius 1 is 1.44 bits per heavy atom. The fourth-order valence-corrected chi connectivity index (χ4v) is 2.06. The molecule has 0 saturated heterocycles. The second-order valence-electron chi connectivity index (χ2n) is 4.62. The van der Waals surface area contributed by atoms with Crippen molar-refractivity contribution in [2.45, 2.75) is 58.0 Å². The molecule has 0 spiro atoms. The van der Waals surface area contributed by atoms with Crippen molar-refractivity contribution < 1.29 is 0 Å². The maximum atomic E-state index is 4.20. The summed E-state index contributed by atoms with van der Waals surface area (Å²) in [5, 5.41) is 11.8. The first-order valence-electron chi connectivity index (χ1n) is 6.46. The third-order valence-electron chi connectivity index (χ3n) is 3.36. The van der Waals surface area contributed by atoms with Crippen LogP contribution in [0, 0.1) is 0 Å². The zero-order chi connectivity index (χ0) is 11.4. The highest BCUT2D eigenvalue weighted by molar-refractivity contribution is 5.04. The molecular weight excluding hydrogens is 200 g/mol. The van der Waals surface area contributed by atoms with Crippen LogP contribution in [-0.4, -0.2) is 27.4 Å². The first-order chi connectivity index (χ1) is 7.85. The second-order valence-corrected chi connectivity index (χ2v) is 4.62. The van der Waals surface area contributed by atoms with Crippen molar-refractivity contribution >= 4 is 0 Å². The Morgan fingerprint density at radius 3 is 2.81 bits per heavy atom. The fraction of sp³-hybridized carbons (Fsp3) is 0.833. The van der Waals surface area contributed by atoms with Gasteiger partial charge in [0.25, 0.3) is 0 Å². The number of aromatic nitrogens is 3. The van der Waals surface area contributed by atoms with Gasteiger partial charge >= 0.3 is 0 Å². The molecule has 0 atom stereocenters. The Kier molecular flexibility index (Phi) is 3.93. The van der Waals surface area contributed by atoms with Gasteiger partial charge in [-0.25, -0.2) is 0 Å². The van der Waals surface area contributed by atoms with E-state index in [0.717, 1.165) is 13.1 Å². The van der Waals surface area contributed by atoms with E-state index < -0.39 is 0 Å². The molecule has 2 rings (SSSR count). The summed E-state index contributed by atoms with van der Waals surface area (Å²) in [6.07, 6.45) is 6.85. The number of hydrogen-bond donors (Lipinski definition) is 1. The van der Waals surface area contributed by atoms with Crippen molar-refractivity contribution in [3.63, 3.8) is 0 Å². The lowest BCUT2D eigenvalue weighted by molar-refractivity contribution is 0.462. The minimum atomic E-state index is 0.654. The van der Waals surface area contributed by atoms with E-state index in [-0.39, 0.29) is 0 Å². The topological polar surface area (TPSA) is 42.7 Å². The number of nitrogens with zero attached hydrogens (tertiary/aromatic N) is 3. The summed E-state index contributed by atoms with van der Waals surface area (Å²) in [6.45, 7) is 6.48. The van der Waals surface area contributed by atoms with Crippen molar-refractivity contribution in [3.05, 3.63) is 12.2 Å². The van der Waals surface area contributed by atoms with E-state index in [9.17, 15) is 0 Å². The van der Waals surface area contributed by atoms with Gasteiger partial charge in [0.15, 0.2) is 0 Å². The van der Waals surface area contributed by atoms with Gasteiger partial charge < -0.3 is 9.88 Å². The predicted octanol–water partition coefficient (Wildman–Crippen LogP) is 1.93. The summed E-state index contributed by atoms with van der Waals surface area (Å²) >= 11 is 0. The first-order valence-corrected chi connectivity index (χ1v) is 6.46. The van der Waals surface area contributed by atoms with Crippen molar-refractivity contribution in [1.82, 2.24) is 20.1 Å². The number of hydrogen-bond acceptors (Lipinski definition) is 3. The molecule has 0 bridgehead atoms. The summed E-state index contributed by atoms with van der Waals surface area (Å²) in [5.74, 6) is 1.88. The highest BCUT2D eigenvalue weighted by Crippen LogP contribution is 2.38. The summed E-state index contributed by atoms with van der Waals surface area (Å²) in [4.78, 5) is 0. The molecule has 0 radical (unpaired) electrons. The molecule has 90 valence electrons. The fourth-order valence-electron chi connectivity index (χ4n) is 2.06. The lowest BCUT2D eigenvalue weighted by Gasteiger charge is -2.15. The van der Waals surface area contributed by atoms with E-state index in [0.29, 0.717) is 12.0 Å². The van der Waals surface area contributed by atoms with E-state index in [1.807, 2.05) is 6.33 Å². The van der Waals surface area contributed by atoms with E-state index >= 15 is 0 Å². The Labute approximate surface area is 97.5 Å². The van der Waals surface area contributed by atoms with E-state index in [1.54, 1.807) is 0 Å². The number of rotatable bonds is 7. The van der Waals surface area contributed by atoms with E-state index in [4.69, 9.17) is 0 Å². The van der Waals surface area contributed by atoms with Crippen LogP contribution < -0.4 is 5.32 Å². The molecule has 0 aromatic carbocycles. The van der Waals surface area contributed by atoms with Gasteiger partial charge in [-0.15, -0.1) is 10.2 Å². The predicted molar refractivity (Wildman–Crippen MR) is 64.4 cm³/mol. The van der Waals surface area contributed by atoms with Crippen molar-refractivity contribution in [1.29, 1.82) is 0 Å². The van der Waals surface area contributed by atoms with Crippen LogP contribution in [0.1, 0.15) is 51.3 Å². The lowest BCUT2D eigenvalue weighted by atomic mass is 10.2. The normalized spacial score (nSPS) is 15.9. The zero-order valence-corrected chi connectivity index (χ0v) is 10.3. The van der Waals surface area contributed by atoms with Crippen LogP contribution in [0.15, 0.2) is 6.33 Å². The zero-order valence-electron chi connectivity index (χ0n) is 10.3. The molecule has 4 nitrogen and oxygen atoms in total. The Bertz CT molecular complexity index is 313. The Hall–Kier alpha value is -0.900. The molecule has 1 fully saturated rings. The second kappa shape index (κ2) is 5.43.